The standard InChI is InChI=1S/C17H27NO3/c1-13-5-3-6-14(2)17(13)21-12-16(20)10-18-8-4-7-15(9-18)11-19/h3,5-6,15-16,19-20H,4,7-12H2,1-2H3. The molecular formula is C17H27NO3. The number of hydrogen-bond donors (Lipinski definition) is 2. The van der Waals surface area contributed by atoms with Crippen molar-refractivity contribution in [2.24, 2.45) is 5.92 Å². The van der Waals surface area contributed by atoms with Gasteiger partial charge in [0.05, 0.1) is 0 Å². The Morgan fingerprint density at radius 2 is 2.05 bits per heavy atom. The van der Waals surface area contributed by atoms with E-state index in [4.69, 9.17) is 4.74 Å². The van der Waals surface area contributed by atoms with Crippen molar-refractivity contribution in [1.29, 1.82) is 0 Å². The number of piperidine rings is 1. The number of nitrogens with zero attached hydrogens (tertiary/aromatic N) is 1. The molecule has 2 rings (SSSR count). The summed E-state index contributed by atoms with van der Waals surface area (Å²) >= 11 is 0. The highest BCUT2D eigenvalue weighted by Gasteiger charge is 2.21. The lowest BCUT2D eigenvalue weighted by molar-refractivity contribution is 0.0428. The van der Waals surface area contributed by atoms with Crippen LogP contribution in [0.5, 0.6) is 5.75 Å². The average Bonchev–Trinajstić information content (AvgIpc) is 2.47. The minimum Gasteiger partial charge on any atom is -0.490 e. The van der Waals surface area contributed by atoms with E-state index in [9.17, 15) is 10.2 Å². The molecule has 1 aromatic rings. The molecule has 1 aliphatic heterocycles. The summed E-state index contributed by atoms with van der Waals surface area (Å²) in [5.74, 6) is 1.23. The number of rotatable bonds is 6. The number of hydrogen-bond acceptors (Lipinski definition) is 4. The molecule has 0 aliphatic carbocycles. The van der Waals surface area contributed by atoms with Gasteiger partial charge in [-0.2, -0.15) is 0 Å². The van der Waals surface area contributed by atoms with Crippen LogP contribution in [0.4, 0.5) is 0 Å². The van der Waals surface area contributed by atoms with Crippen LogP contribution in [0.15, 0.2) is 18.2 Å². The molecule has 1 heterocycles. The van der Waals surface area contributed by atoms with E-state index in [1.165, 1.54) is 0 Å². The fourth-order valence-electron chi connectivity index (χ4n) is 3.02. The Morgan fingerprint density at radius 1 is 1.33 bits per heavy atom. The van der Waals surface area contributed by atoms with Crippen LogP contribution in [0, 0.1) is 19.8 Å². The Balaban J connectivity index is 1.80. The molecule has 0 bridgehead atoms. The second-order valence-electron chi connectivity index (χ2n) is 6.14. The molecular weight excluding hydrogens is 266 g/mol. The van der Waals surface area contributed by atoms with Crippen LogP contribution < -0.4 is 4.74 Å². The van der Waals surface area contributed by atoms with Gasteiger partial charge in [-0.15, -0.1) is 0 Å². The minimum atomic E-state index is -0.499. The van der Waals surface area contributed by atoms with Crippen LogP contribution in [-0.4, -0.2) is 54.1 Å². The molecule has 2 atom stereocenters. The Bertz CT molecular complexity index is 429. The maximum atomic E-state index is 10.2. The predicted octanol–water partition coefficient (Wildman–Crippen LogP) is 1.75. The van der Waals surface area contributed by atoms with Crippen LogP contribution in [0.2, 0.25) is 0 Å². The first-order chi connectivity index (χ1) is 10.1. The Kier molecular flexibility index (Phi) is 6.03. The highest BCUT2D eigenvalue weighted by molar-refractivity contribution is 5.39. The summed E-state index contributed by atoms with van der Waals surface area (Å²) in [6, 6.07) is 6.05. The second kappa shape index (κ2) is 7.78. The van der Waals surface area contributed by atoms with Crippen molar-refractivity contribution in [1.82, 2.24) is 4.90 Å². The van der Waals surface area contributed by atoms with E-state index in [1.54, 1.807) is 0 Å². The van der Waals surface area contributed by atoms with Crippen molar-refractivity contribution in [3.63, 3.8) is 0 Å². The number of β-amino-alcohol motifs (C(OH)–C–C–N with tert-alkyl or cyclic N) is 1. The molecule has 0 aromatic heterocycles. The van der Waals surface area contributed by atoms with Gasteiger partial charge in [0, 0.05) is 19.7 Å². The number of aryl methyl sites for hydroxylation is 2. The highest BCUT2D eigenvalue weighted by Crippen LogP contribution is 2.22. The molecule has 0 amide bonds. The van der Waals surface area contributed by atoms with Crippen LogP contribution >= 0.6 is 0 Å². The zero-order chi connectivity index (χ0) is 15.2. The Hall–Kier alpha value is -1.10. The molecule has 21 heavy (non-hydrogen) atoms. The van der Waals surface area contributed by atoms with Crippen LogP contribution in [-0.2, 0) is 0 Å². The summed E-state index contributed by atoms with van der Waals surface area (Å²) in [5, 5.41) is 19.4. The van der Waals surface area contributed by atoms with Gasteiger partial charge in [0.25, 0.3) is 0 Å². The third-order valence-electron chi connectivity index (χ3n) is 4.16. The van der Waals surface area contributed by atoms with Crippen molar-refractivity contribution >= 4 is 0 Å². The number of benzene rings is 1. The largest absolute Gasteiger partial charge is 0.490 e. The van der Waals surface area contributed by atoms with E-state index in [0.717, 1.165) is 42.8 Å². The fraction of sp³-hybridized carbons (Fsp3) is 0.647. The summed E-state index contributed by atoms with van der Waals surface area (Å²) in [4.78, 5) is 2.23. The molecule has 1 fully saturated rings. The van der Waals surface area contributed by atoms with Gasteiger partial charge in [0.15, 0.2) is 0 Å². The van der Waals surface area contributed by atoms with Gasteiger partial charge in [-0.25, -0.2) is 0 Å². The number of likely N-dealkylation sites (tertiary alicyclic amines) is 1. The van der Waals surface area contributed by atoms with Crippen LogP contribution in [0.3, 0.4) is 0 Å². The van der Waals surface area contributed by atoms with Crippen molar-refractivity contribution in [3.8, 4) is 5.75 Å². The van der Waals surface area contributed by atoms with Crippen molar-refractivity contribution < 1.29 is 14.9 Å². The third-order valence-corrected chi connectivity index (χ3v) is 4.16. The van der Waals surface area contributed by atoms with E-state index >= 15 is 0 Å². The zero-order valence-corrected chi connectivity index (χ0v) is 13.1. The molecule has 118 valence electrons. The molecule has 4 heteroatoms. The van der Waals surface area contributed by atoms with E-state index < -0.39 is 6.10 Å². The molecule has 1 saturated heterocycles. The highest BCUT2D eigenvalue weighted by atomic mass is 16.5. The smallest absolute Gasteiger partial charge is 0.125 e. The van der Waals surface area contributed by atoms with Gasteiger partial charge < -0.3 is 19.8 Å². The SMILES string of the molecule is Cc1cccc(C)c1OCC(O)CN1CCCC(CO)C1. The third kappa shape index (κ3) is 4.70. The molecule has 4 nitrogen and oxygen atoms in total. The molecule has 2 N–H and O–H groups in total. The molecule has 0 radical (unpaired) electrons. The first kappa shape index (κ1) is 16.3. The summed E-state index contributed by atoms with van der Waals surface area (Å²) in [6.07, 6.45) is 1.68. The van der Waals surface area contributed by atoms with Gasteiger partial charge in [-0.05, 0) is 50.3 Å². The monoisotopic (exact) mass is 293 g/mol. The summed E-state index contributed by atoms with van der Waals surface area (Å²) in [5.41, 5.74) is 2.20. The first-order valence-corrected chi connectivity index (χ1v) is 7.80. The van der Waals surface area contributed by atoms with E-state index in [0.29, 0.717) is 19.1 Å². The van der Waals surface area contributed by atoms with Gasteiger partial charge in [0.1, 0.15) is 18.5 Å². The maximum Gasteiger partial charge on any atom is 0.125 e. The van der Waals surface area contributed by atoms with E-state index in [1.807, 2.05) is 32.0 Å². The molecule has 0 saturated carbocycles. The lowest BCUT2D eigenvalue weighted by Crippen LogP contribution is -2.42. The lowest BCUT2D eigenvalue weighted by atomic mass is 9.99. The summed E-state index contributed by atoms with van der Waals surface area (Å²) in [6.45, 7) is 7.07. The fourth-order valence-corrected chi connectivity index (χ4v) is 3.02. The molecule has 2 unspecified atom stereocenters. The summed E-state index contributed by atoms with van der Waals surface area (Å²) < 4.78 is 5.80. The summed E-state index contributed by atoms with van der Waals surface area (Å²) in [7, 11) is 0. The second-order valence-corrected chi connectivity index (χ2v) is 6.14. The molecule has 1 aromatic carbocycles. The van der Waals surface area contributed by atoms with Gasteiger partial charge >= 0.3 is 0 Å². The van der Waals surface area contributed by atoms with Crippen molar-refractivity contribution in [3.05, 3.63) is 29.3 Å². The average molecular weight is 293 g/mol. The Labute approximate surface area is 127 Å². The van der Waals surface area contributed by atoms with Gasteiger partial charge in [-0.1, -0.05) is 18.2 Å². The van der Waals surface area contributed by atoms with Gasteiger partial charge in [-0.3, -0.25) is 0 Å². The molecule has 1 aliphatic rings. The minimum absolute atomic E-state index is 0.242. The number of aliphatic hydroxyl groups excluding tert-OH is 2. The van der Waals surface area contributed by atoms with Crippen LogP contribution in [0.1, 0.15) is 24.0 Å². The zero-order valence-electron chi connectivity index (χ0n) is 13.1. The maximum absolute atomic E-state index is 10.2. The number of para-hydroxylation sites is 1. The van der Waals surface area contributed by atoms with E-state index in [2.05, 4.69) is 4.90 Å². The van der Waals surface area contributed by atoms with Crippen LogP contribution in [0.25, 0.3) is 0 Å². The van der Waals surface area contributed by atoms with E-state index in [-0.39, 0.29) is 6.61 Å². The normalized spacial score (nSPS) is 21.2. The van der Waals surface area contributed by atoms with Gasteiger partial charge in [0.2, 0.25) is 0 Å². The predicted molar refractivity (Wildman–Crippen MR) is 83.7 cm³/mol. The number of ether oxygens (including phenoxy) is 1. The first-order valence-electron chi connectivity index (χ1n) is 7.80. The molecule has 0 spiro atoms. The quantitative estimate of drug-likeness (QED) is 0.839. The van der Waals surface area contributed by atoms with Crippen molar-refractivity contribution in [2.45, 2.75) is 32.8 Å². The van der Waals surface area contributed by atoms with Crippen molar-refractivity contribution in [2.75, 3.05) is 32.8 Å². The topological polar surface area (TPSA) is 52.9 Å². The lowest BCUT2D eigenvalue weighted by Gasteiger charge is -2.33. The Morgan fingerprint density at radius 3 is 2.71 bits per heavy atom. The number of aliphatic hydroxyl groups is 2.